The van der Waals surface area contributed by atoms with Crippen molar-refractivity contribution in [3.8, 4) is 0 Å². The molecule has 0 fully saturated rings. The molecular formula is C23H20ClN3O3. The second kappa shape index (κ2) is 7.31. The topological polar surface area (TPSA) is 83.4 Å². The summed E-state index contributed by atoms with van der Waals surface area (Å²) in [7, 11) is 0. The summed E-state index contributed by atoms with van der Waals surface area (Å²) in [6.45, 7) is 0.861. The van der Waals surface area contributed by atoms with Crippen LogP contribution in [-0.2, 0) is 22.6 Å². The number of imide groups is 1. The maximum atomic E-state index is 12.9. The van der Waals surface area contributed by atoms with Gasteiger partial charge < -0.3 is 15.0 Å². The molecule has 3 aromatic rings. The first-order valence-corrected chi connectivity index (χ1v) is 10.3. The third-order valence-corrected chi connectivity index (χ3v) is 6.09. The number of carbonyl (C=O) groups is 2. The van der Waals surface area contributed by atoms with E-state index in [1.165, 1.54) is 0 Å². The van der Waals surface area contributed by atoms with Gasteiger partial charge in [0.05, 0.1) is 5.57 Å². The predicted octanol–water partition coefficient (Wildman–Crippen LogP) is 3.33. The summed E-state index contributed by atoms with van der Waals surface area (Å²) in [6, 6.07) is 14.9. The van der Waals surface area contributed by atoms with Gasteiger partial charge in [0.15, 0.2) is 0 Å². The number of aliphatic hydroxyl groups is 1. The van der Waals surface area contributed by atoms with Crippen LogP contribution in [0.5, 0.6) is 0 Å². The van der Waals surface area contributed by atoms with Crippen molar-refractivity contribution in [2.24, 2.45) is 5.92 Å². The van der Waals surface area contributed by atoms with Gasteiger partial charge in [0.1, 0.15) is 5.70 Å². The molecule has 2 amide bonds. The highest BCUT2D eigenvalue weighted by Crippen LogP contribution is 2.39. The van der Waals surface area contributed by atoms with E-state index >= 15 is 0 Å². The van der Waals surface area contributed by atoms with Gasteiger partial charge in [-0.15, -0.1) is 0 Å². The summed E-state index contributed by atoms with van der Waals surface area (Å²) < 4.78 is 2.21. The second-order valence-corrected chi connectivity index (χ2v) is 8.14. The van der Waals surface area contributed by atoms with E-state index in [4.69, 9.17) is 11.6 Å². The molecule has 0 aliphatic carbocycles. The van der Waals surface area contributed by atoms with Gasteiger partial charge in [-0.3, -0.25) is 14.9 Å². The van der Waals surface area contributed by atoms with E-state index in [1.807, 2.05) is 24.3 Å². The molecule has 0 saturated carbocycles. The lowest BCUT2D eigenvalue weighted by atomic mass is 9.92. The third-order valence-electron chi connectivity index (χ3n) is 5.85. The van der Waals surface area contributed by atoms with Crippen LogP contribution >= 0.6 is 11.6 Å². The van der Waals surface area contributed by atoms with Crippen LogP contribution in [-0.4, -0.2) is 28.1 Å². The first-order valence-electron chi connectivity index (χ1n) is 9.90. The molecule has 0 saturated heterocycles. The highest BCUT2D eigenvalue weighted by molar-refractivity contribution is 6.38. The zero-order valence-corrected chi connectivity index (χ0v) is 16.9. The molecular weight excluding hydrogens is 402 g/mol. The van der Waals surface area contributed by atoms with E-state index in [1.54, 1.807) is 24.3 Å². The molecule has 1 unspecified atom stereocenters. The average molecular weight is 422 g/mol. The maximum absolute atomic E-state index is 12.9. The minimum absolute atomic E-state index is 0.0960. The van der Waals surface area contributed by atoms with Crippen LogP contribution in [0.15, 0.2) is 54.2 Å². The molecule has 0 spiro atoms. The number of nitrogens with zero attached hydrogens (tertiary/aromatic N) is 1. The second-order valence-electron chi connectivity index (χ2n) is 7.70. The number of hydrogen-bond donors (Lipinski definition) is 3. The first kappa shape index (κ1) is 18.9. The van der Waals surface area contributed by atoms with E-state index in [-0.39, 0.29) is 18.2 Å². The lowest BCUT2D eigenvalue weighted by Crippen LogP contribution is -2.25. The highest BCUT2D eigenvalue weighted by atomic mass is 35.5. The normalized spacial score (nSPS) is 18.7. The Morgan fingerprint density at radius 1 is 1.13 bits per heavy atom. The lowest BCUT2D eigenvalue weighted by molar-refractivity contribution is -0.123. The smallest absolute Gasteiger partial charge is 0.275 e. The van der Waals surface area contributed by atoms with E-state index in [0.29, 0.717) is 22.7 Å². The number of hydrogen-bond acceptors (Lipinski definition) is 4. The highest BCUT2D eigenvalue weighted by Gasteiger charge is 2.36. The molecule has 30 heavy (non-hydrogen) atoms. The minimum atomic E-state index is -0.464. The zero-order valence-electron chi connectivity index (χ0n) is 16.1. The molecule has 3 heterocycles. The summed E-state index contributed by atoms with van der Waals surface area (Å²) in [6.07, 6.45) is 1.52. The summed E-state index contributed by atoms with van der Waals surface area (Å²) >= 11 is 6.09. The molecule has 6 nitrogen and oxygen atoms in total. The molecule has 1 atom stereocenters. The number of aliphatic hydroxyl groups excluding tert-OH is 1. The average Bonchev–Trinajstić information content (AvgIpc) is 3.20. The molecule has 0 radical (unpaired) electrons. The molecule has 3 N–H and O–H groups in total. The van der Waals surface area contributed by atoms with Gasteiger partial charge in [-0.1, -0.05) is 35.9 Å². The molecule has 7 heteroatoms. The van der Waals surface area contributed by atoms with Crippen LogP contribution in [0.1, 0.15) is 17.7 Å². The Hall–Kier alpha value is -3.09. The maximum Gasteiger partial charge on any atom is 0.275 e. The zero-order chi connectivity index (χ0) is 20.8. The first-order chi connectivity index (χ1) is 14.6. The number of anilines is 1. The number of aromatic nitrogens is 1. The largest absolute Gasteiger partial charge is 0.396 e. The van der Waals surface area contributed by atoms with Crippen LogP contribution in [0.2, 0.25) is 5.02 Å². The van der Waals surface area contributed by atoms with Crippen molar-refractivity contribution in [2.75, 3.05) is 11.9 Å². The molecule has 0 bridgehead atoms. The number of carbonyl (C=O) groups excluding carboxylic acids is 2. The van der Waals surface area contributed by atoms with Gasteiger partial charge in [-0.25, -0.2) is 0 Å². The van der Waals surface area contributed by atoms with Gasteiger partial charge >= 0.3 is 0 Å². The van der Waals surface area contributed by atoms with Crippen molar-refractivity contribution >= 4 is 45.6 Å². The Kier molecular flexibility index (Phi) is 4.60. The number of fused-ring (bicyclic) bond motifs is 3. The van der Waals surface area contributed by atoms with Crippen molar-refractivity contribution in [1.82, 2.24) is 9.88 Å². The number of benzene rings is 2. The monoisotopic (exact) mass is 421 g/mol. The van der Waals surface area contributed by atoms with Crippen LogP contribution in [0, 0.1) is 5.92 Å². The SMILES string of the molecule is O=C1NC(=O)C(c2c3n(c4ccccc24)CCC(CO)C3)=C1Nc1cccc(Cl)c1. The van der Waals surface area contributed by atoms with E-state index < -0.39 is 11.8 Å². The fourth-order valence-electron chi connectivity index (χ4n) is 4.47. The van der Waals surface area contributed by atoms with Crippen molar-refractivity contribution in [2.45, 2.75) is 19.4 Å². The summed E-state index contributed by atoms with van der Waals surface area (Å²) in [5.74, 6) is -0.756. The number of aryl methyl sites for hydroxylation is 1. The molecule has 152 valence electrons. The molecule has 1 aromatic heterocycles. The molecule has 2 aromatic carbocycles. The molecule has 2 aliphatic rings. The molecule has 5 rings (SSSR count). The fourth-order valence-corrected chi connectivity index (χ4v) is 4.66. The minimum Gasteiger partial charge on any atom is -0.396 e. The number of nitrogens with one attached hydrogen (secondary N) is 2. The van der Waals surface area contributed by atoms with Crippen LogP contribution < -0.4 is 10.6 Å². The fraction of sp³-hybridized carbons (Fsp3) is 0.217. The van der Waals surface area contributed by atoms with Gasteiger partial charge in [-0.2, -0.15) is 0 Å². The quantitative estimate of drug-likeness (QED) is 0.564. The van der Waals surface area contributed by atoms with Gasteiger partial charge in [0.25, 0.3) is 11.8 Å². The number of halogens is 1. The van der Waals surface area contributed by atoms with Gasteiger partial charge in [0, 0.05) is 46.0 Å². The summed E-state index contributed by atoms with van der Waals surface area (Å²) in [5.41, 5.74) is 3.95. The molecule has 2 aliphatic heterocycles. The van der Waals surface area contributed by atoms with E-state index in [9.17, 15) is 14.7 Å². The van der Waals surface area contributed by atoms with Crippen LogP contribution in [0.3, 0.4) is 0 Å². The number of rotatable bonds is 4. The van der Waals surface area contributed by atoms with Crippen LogP contribution in [0.25, 0.3) is 16.5 Å². The Morgan fingerprint density at radius 3 is 2.77 bits per heavy atom. The van der Waals surface area contributed by atoms with Gasteiger partial charge in [0.2, 0.25) is 0 Å². The van der Waals surface area contributed by atoms with Crippen LogP contribution in [0.4, 0.5) is 5.69 Å². The number of amides is 2. The van der Waals surface area contributed by atoms with Crippen molar-refractivity contribution in [1.29, 1.82) is 0 Å². The number of para-hydroxylation sites is 1. The Labute approximate surface area is 178 Å². The van der Waals surface area contributed by atoms with Gasteiger partial charge in [-0.05, 0) is 43.0 Å². The van der Waals surface area contributed by atoms with Crippen molar-refractivity contribution in [3.05, 3.63) is 70.5 Å². The summed E-state index contributed by atoms with van der Waals surface area (Å²) in [4.78, 5) is 25.6. The third kappa shape index (κ3) is 3.00. The predicted molar refractivity (Wildman–Crippen MR) is 116 cm³/mol. The Morgan fingerprint density at radius 2 is 1.97 bits per heavy atom. The Balaban J connectivity index is 1.74. The van der Waals surface area contributed by atoms with E-state index in [0.717, 1.165) is 35.1 Å². The van der Waals surface area contributed by atoms with Crippen molar-refractivity contribution < 1.29 is 14.7 Å². The van der Waals surface area contributed by atoms with Crippen molar-refractivity contribution in [3.63, 3.8) is 0 Å². The lowest BCUT2D eigenvalue weighted by Gasteiger charge is -2.24. The standard InChI is InChI=1S/C23H20ClN3O3/c24-14-4-3-5-15(11-14)25-21-20(22(29)26-23(21)30)19-16-6-1-2-7-17(16)27-9-8-13(12-28)10-18(19)27/h1-7,11,13,28H,8-10,12H2,(H2,25,26,29,30). The summed E-state index contributed by atoms with van der Waals surface area (Å²) in [5, 5.41) is 16.7. The Bertz CT molecular complexity index is 1230. The van der Waals surface area contributed by atoms with E-state index in [2.05, 4.69) is 15.2 Å².